The standard InChI is InChI=1S/C12H17BrS/c1-11-6-2-3-7-12(11)10-14-9-5-4-8-13/h2-3,6-7H,4-5,8-10H2,1H3. The molecule has 0 spiro atoms. The van der Waals surface area contributed by atoms with E-state index in [0.29, 0.717) is 0 Å². The van der Waals surface area contributed by atoms with Gasteiger partial charge in [-0.25, -0.2) is 0 Å². The summed E-state index contributed by atoms with van der Waals surface area (Å²) in [5.41, 5.74) is 2.90. The summed E-state index contributed by atoms with van der Waals surface area (Å²) in [6.07, 6.45) is 2.61. The topological polar surface area (TPSA) is 0 Å². The second-order valence-corrected chi connectivity index (χ2v) is 5.27. The molecule has 0 fully saturated rings. The molecule has 0 bridgehead atoms. The average Bonchev–Trinajstić information content (AvgIpc) is 2.20. The van der Waals surface area contributed by atoms with Crippen LogP contribution in [0.3, 0.4) is 0 Å². The number of benzene rings is 1. The second-order valence-electron chi connectivity index (χ2n) is 3.38. The molecule has 0 aliphatic rings. The Labute approximate surface area is 99.6 Å². The van der Waals surface area contributed by atoms with E-state index in [1.165, 1.54) is 29.7 Å². The predicted molar refractivity (Wildman–Crippen MR) is 70.4 cm³/mol. The van der Waals surface area contributed by atoms with Gasteiger partial charge in [0.05, 0.1) is 0 Å². The van der Waals surface area contributed by atoms with Crippen molar-refractivity contribution in [3.05, 3.63) is 35.4 Å². The molecule has 1 rings (SSSR count). The summed E-state index contributed by atoms with van der Waals surface area (Å²) in [7, 11) is 0. The Morgan fingerprint density at radius 1 is 1.21 bits per heavy atom. The van der Waals surface area contributed by atoms with E-state index in [1.807, 2.05) is 11.8 Å². The number of aryl methyl sites for hydroxylation is 1. The fraction of sp³-hybridized carbons (Fsp3) is 0.500. The molecule has 0 aliphatic heterocycles. The molecule has 1 aromatic carbocycles. The lowest BCUT2D eigenvalue weighted by Gasteiger charge is -2.04. The predicted octanol–water partition coefficient (Wildman–Crippen LogP) is 4.40. The molecule has 2 heteroatoms. The molecule has 0 saturated heterocycles. The Morgan fingerprint density at radius 2 is 2.00 bits per heavy atom. The van der Waals surface area contributed by atoms with Gasteiger partial charge in [0.15, 0.2) is 0 Å². The molecule has 0 aromatic heterocycles. The van der Waals surface area contributed by atoms with Gasteiger partial charge in [-0.1, -0.05) is 40.2 Å². The van der Waals surface area contributed by atoms with Crippen molar-refractivity contribution in [1.82, 2.24) is 0 Å². The molecule has 0 heterocycles. The number of rotatable bonds is 6. The monoisotopic (exact) mass is 272 g/mol. The molecular formula is C12H17BrS. The van der Waals surface area contributed by atoms with Crippen LogP contribution in [0.1, 0.15) is 24.0 Å². The Balaban J connectivity index is 2.21. The van der Waals surface area contributed by atoms with E-state index in [0.717, 1.165) is 11.1 Å². The van der Waals surface area contributed by atoms with Crippen molar-refractivity contribution >= 4 is 27.7 Å². The molecule has 0 N–H and O–H groups in total. The number of halogens is 1. The number of alkyl halides is 1. The smallest absolute Gasteiger partial charge is 0.0187 e. The SMILES string of the molecule is Cc1ccccc1CSCCCCBr. The molecule has 0 nitrogen and oxygen atoms in total. The molecular weight excluding hydrogens is 256 g/mol. The van der Waals surface area contributed by atoms with Gasteiger partial charge in [-0.15, -0.1) is 0 Å². The highest BCUT2D eigenvalue weighted by molar-refractivity contribution is 9.09. The molecule has 0 radical (unpaired) electrons. The number of thioether (sulfide) groups is 1. The Morgan fingerprint density at radius 3 is 2.71 bits per heavy atom. The lowest BCUT2D eigenvalue weighted by molar-refractivity contribution is 0.912. The van der Waals surface area contributed by atoms with Gasteiger partial charge >= 0.3 is 0 Å². The summed E-state index contributed by atoms with van der Waals surface area (Å²) in [4.78, 5) is 0. The van der Waals surface area contributed by atoms with E-state index in [9.17, 15) is 0 Å². The van der Waals surface area contributed by atoms with Gasteiger partial charge in [-0.2, -0.15) is 11.8 Å². The van der Waals surface area contributed by atoms with Crippen molar-refractivity contribution in [1.29, 1.82) is 0 Å². The number of unbranched alkanes of at least 4 members (excludes halogenated alkanes) is 1. The van der Waals surface area contributed by atoms with Gasteiger partial charge in [0.25, 0.3) is 0 Å². The lowest BCUT2D eigenvalue weighted by Crippen LogP contribution is -1.87. The van der Waals surface area contributed by atoms with Crippen molar-refractivity contribution in [2.45, 2.75) is 25.5 Å². The van der Waals surface area contributed by atoms with E-state index in [1.54, 1.807) is 0 Å². The van der Waals surface area contributed by atoms with Gasteiger partial charge < -0.3 is 0 Å². The maximum absolute atomic E-state index is 3.45. The van der Waals surface area contributed by atoms with Gasteiger partial charge in [-0.3, -0.25) is 0 Å². The summed E-state index contributed by atoms with van der Waals surface area (Å²) in [5.74, 6) is 2.44. The molecule has 14 heavy (non-hydrogen) atoms. The zero-order chi connectivity index (χ0) is 10.2. The van der Waals surface area contributed by atoms with Crippen molar-refractivity contribution < 1.29 is 0 Å². The maximum Gasteiger partial charge on any atom is 0.0187 e. The van der Waals surface area contributed by atoms with Gasteiger partial charge in [0.1, 0.15) is 0 Å². The Kier molecular flexibility index (Phi) is 6.37. The zero-order valence-electron chi connectivity index (χ0n) is 8.63. The number of hydrogen-bond acceptors (Lipinski definition) is 1. The summed E-state index contributed by atoms with van der Waals surface area (Å²) in [5, 5.41) is 1.14. The molecule has 0 saturated carbocycles. The van der Waals surface area contributed by atoms with Crippen LogP contribution in [0.5, 0.6) is 0 Å². The highest BCUT2D eigenvalue weighted by Crippen LogP contribution is 2.16. The van der Waals surface area contributed by atoms with Crippen LogP contribution in [0.2, 0.25) is 0 Å². The van der Waals surface area contributed by atoms with Crippen LogP contribution >= 0.6 is 27.7 Å². The largest absolute Gasteiger partial charge is 0.157 e. The van der Waals surface area contributed by atoms with Gasteiger partial charge in [-0.05, 0) is 36.6 Å². The summed E-state index contributed by atoms with van der Waals surface area (Å²) in [6, 6.07) is 8.65. The first-order chi connectivity index (χ1) is 6.84. The van der Waals surface area contributed by atoms with Crippen molar-refractivity contribution in [2.24, 2.45) is 0 Å². The van der Waals surface area contributed by atoms with Gasteiger partial charge in [0, 0.05) is 11.1 Å². The lowest BCUT2D eigenvalue weighted by atomic mass is 10.1. The minimum Gasteiger partial charge on any atom is -0.157 e. The van der Waals surface area contributed by atoms with Crippen molar-refractivity contribution in [3.63, 3.8) is 0 Å². The second kappa shape index (κ2) is 7.36. The summed E-state index contributed by atoms with van der Waals surface area (Å²) >= 11 is 5.49. The fourth-order valence-electron chi connectivity index (χ4n) is 1.25. The molecule has 0 amide bonds. The molecule has 78 valence electrons. The third-order valence-corrected chi connectivity index (χ3v) is 3.84. The Hall–Kier alpha value is 0.0500. The highest BCUT2D eigenvalue weighted by atomic mass is 79.9. The Bertz CT molecular complexity index is 260. The minimum absolute atomic E-state index is 1.14. The third kappa shape index (κ3) is 4.52. The minimum atomic E-state index is 1.14. The molecule has 0 aliphatic carbocycles. The summed E-state index contributed by atoms with van der Waals surface area (Å²) in [6.45, 7) is 2.19. The van der Waals surface area contributed by atoms with Crippen molar-refractivity contribution in [3.8, 4) is 0 Å². The van der Waals surface area contributed by atoms with E-state index in [4.69, 9.17) is 0 Å². The number of hydrogen-bond donors (Lipinski definition) is 0. The van der Waals surface area contributed by atoms with Crippen LogP contribution in [-0.2, 0) is 5.75 Å². The zero-order valence-corrected chi connectivity index (χ0v) is 11.0. The van der Waals surface area contributed by atoms with E-state index in [2.05, 4.69) is 47.1 Å². The first-order valence-electron chi connectivity index (χ1n) is 5.03. The maximum atomic E-state index is 3.45. The quantitative estimate of drug-likeness (QED) is 0.546. The van der Waals surface area contributed by atoms with E-state index in [-0.39, 0.29) is 0 Å². The van der Waals surface area contributed by atoms with Crippen LogP contribution in [0.4, 0.5) is 0 Å². The van der Waals surface area contributed by atoms with Crippen LogP contribution < -0.4 is 0 Å². The molecule has 1 aromatic rings. The van der Waals surface area contributed by atoms with E-state index >= 15 is 0 Å². The normalized spacial score (nSPS) is 10.4. The first kappa shape index (κ1) is 12.1. The van der Waals surface area contributed by atoms with Crippen LogP contribution in [0.25, 0.3) is 0 Å². The fourth-order valence-corrected chi connectivity index (χ4v) is 2.75. The first-order valence-corrected chi connectivity index (χ1v) is 7.30. The molecule has 0 atom stereocenters. The van der Waals surface area contributed by atoms with Crippen molar-refractivity contribution in [2.75, 3.05) is 11.1 Å². The van der Waals surface area contributed by atoms with Crippen LogP contribution in [0, 0.1) is 6.92 Å². The third-order valence-electron chi connectivity index (χ3n) is 2.19. The van der Waals surface area contributed by atoms with Crippen LogP contribution in [0.15, 0.2) is 24.3 Å². The highest BCUT2D eigenvalue weighted by Gasteiger charge is 1.96. The van der Waals surface area contributed by atoms with E-state index < -0.39 is 0 Å². The van der Waals surface area contributed by atoms with Crippen LogP contribution in [-0.4, -0.2) is 11.1 Å². The molecule has 0 unspecified atom stereocenters. The van der Waals surface area contributed by atoms with Gasteiger partial charge in [0.2, 0.25) is 0 Å². The summed E-state index contributed by atoms with van der Waals surface area (Å²) < 4.78 is 0. The average molecular weight is 273 g/mol.